The predicted octanol–water partition coefficient (Wildman–Crippen LogP) is 4.05. The number of rotatable bonds is 5. The van der Waals surface area contributed by atoms with Gasteiger partial charge in [0.1, 0.15) is 18.1 Å². The lowest BCUT2D eigenvalue weighted by molar-refractivity contribution is -0.384. The molecule has 0 atom stereocenters. The molecular weight excluding hydrogens is 343 g/mol. The smallest absolute Gasteiger partial charge is 0.338 e. The van der Waals surface area contributed by atoms with Crippen LogP contribution in [0, 0.1) is 22.9 Å². The molecule has 0 aliphatic heterocycles. The van der Waals surface area contributed by atoms with Gasteiger partial charge in [0.05, 0.1) is 10.5 Å². The first kappa shape index (κ1) is 17.3. The summed E-state index contributed by atoms with van der Waals surface area (Å²) in [5, 5.41) is 14.6. The fourth-order valence-corrected chi connectivity index (χ4v) is 2.34. The van der Waals surface area contributed by atoms with Gasteiger partial charge in [0, 0.05) is 23.3 Å². The summed E-state index contributed by atoms with van der Waals surface area (Å²) >= 11 is 0. The first-order valence-corrected chi connectivity index (χ1v) is 7.58. The number of esters is 1. The van der Waals surface area contributed by atoms with Gasteiger partial charge in [0.25, 0.3) is 5.69 Å². The number of hydrogen-bond donors (Lipinski definition) is 0. The highest BCUT2D eigenvalue weighted by Crippen LogP contribution is 2.26. The molecule has 3 rings (SSSR count). The fourth-order valence-electron chi connectivity index (χ4n) is 2.34. The molecule has 1 heterocycles. The van der Waals surface area contributed by atoms with Crippen molar-refractivity contribution in [2.75, 3.05) is 0 Å². The number of halogens is 1. The predicted molar refractivity (Wildman–Crippen MR) is 88.8 cm³/mol. The summed E-state index contributed by atoms with van der Waals surface area (Å²) in [6, 6.07) is 11.0. The highest BCUT2D eigenvalue weighted by Gasteiger charge is 2.17. The second kappa shape index (κ2) is 7.14. The summed E-state index contributed by atoms with van der Waals surface area (Å²) in [5.74, 6) is -0.622. The third-order valence-electron chi connectivity index (χ3n) is 3.76. The van der Waals surface area contributed by atoms with E-state index in [0.29, 0.717) is 22.6 Å². The monoisotopic (exact) mass is 356 g/mol. The number of carbonyl (C=O) groups excluding carboxylic acids is 1. The van der Waals surface area contributed by atoms with E-state index in [2.05, 4.69) is 5.16 Å². The van der Waals surface area contributed by atoms with E-state index in [4.69, 9.17) is 9.26 Å². The maximum atomic E-state index is 13.0. The Kier molecular flexibility index (Phi) is 4.74. The first-order chi connectivity index (χ1) is 12.5. The molecule has 26 heavy (non-hydrogen) atoms. The van der Waals surface area contributed by atoms with Crippen LogP contribution in [-0.2, 0) is 11.3 Å². The highest BCUT2D eigenvalue weighted by atomic mass is 19.1. The number of nitrogens with zero attached hydrogens (tertiary/aromatic N) is 2. The topological polar surface area (TPSA) is 95.5 Å². The molecule has 0 spiro atoms. The number of non-ortho nitro benzene ring substituents is 1. The molecule has 3 aromatic rings. The number of benzene rings is 2. The number of ether oxygens (including phenoxy) is 1. The largest absolute Gasteiger partial charge is 0.455 e. The summed E-state index contributed by atoms with van der Waals surface area (Å²) in [7, 11) is 0. The molecule has 0 bridgehead atoms. The van der Waals surface area contributed by atoms with Gasteiger partial charge >= 0.3 is 5.97 Å². The number of hydrogen-bond acceptors (Lipinski definition) is 6. The van der Waals surface area contributed by atoms with Crippen LogP contribution in [0.5, 0.6) is 0 Å². The standard InChI is InChI=1S/C18H13FN2O5/c1-11-16(20-26-17(11)12-5-7-14(19)8-6-12)10-25-18(22)13-3-2-4-15(9-13)21(23)24/h2-9H,10H2,1H3. The molecule has 0 saturated carbocycles. The molecule has 132 valence electrons. The Morgan fingerprint density at radius 3 is 2.69 bits per heavy atom. The summed E-state index contributed by atoms with van der Waals surface area (Å²) in [4.78, 5) is 22.2. The Morgan fingerprint density at radius 1 is 1.27 bits per heavy atom. The van der Waals surface area contributed by atoms with Crippen molar-refractivity contribution in [3.8, 4) is 11.3 Å². The Balaban J connectivity index is 1.72. The lowest BCUT2D eigenvalue weighted by atomic mass is 10.1. The average molecular weight is 356 g/mol. The lowest BCUT2D eigenvalue weighted by Crippen LogP contribution is -2.06. The van der Waals surface area contributed by atoms with Gasteiger partial charge < -0.3 is 9.26 Å². The zero-order valence-electron chi connectivity index (χ0n) is 13.6. The molecular formula is C18H13FN2O5. The summed E-state index contributed by atoms with van der Waals surface area (Å²) < 4.78 is 23.4. The zero-order chi connectivity index (χ0) is 18.7. The second-order valence-electron chi connectivity index (χ2n) is 5.47. The minimum atomic E-state index is -0.709. The van der Waals surface area contributed by atoms with Gasteiger partial charge in [0.15, 0.2) is 5.76 Å². The minimum absolute atomic E-state index is 0.0686. The van der Waals surface area contributed by atoms with E-state index in [9.17, 15) is 19.3 Å². The summed E-state index contributed by atoms with van der Waals surface area (Å²) in [6.07, 6.45) is 0. The second-order valence-corrected chi connectivity index (χ2v) is 5.47. The van der Waals surface area contributed by atoms with E-state index < -0.39 is 10.9 Å². The van der Waals surface area contributed by atoms with Crippen molar-refractivity contribution < 1.29 is 23.4 Å². The van der Waals surface area contributed by atoms with Crippen LogP contribution in [0.3, 0.4) is 0 Å². The minimum Gasteiger partial charge on any atom is -0.455 e. The molecule has 8 heteroatoms. The van der Waals surface area contributed by atoms with E-state index >= 15 is 0 Å². The number of nitro benzene ring substituents is 1. The van der Waals surface area contributed by atoms with Gasteiger partial charge in [-0.2, -0.15) is 0 Å². The molecule has 0 radical (unpaired) electrons. The number of nitro groups is 1. The van der Waals surface area contributed by atoms with E-state index in [0.717, 1.165) is 6.07 Å². The van der Waals surface area contributed by atoms with Crippen LogP contribution >= 0.6 is 0 Å². The van der Waals surface area contributed by atoms with Crippen LogP contribution in [0.2, 0.25) is 0 Å². The molecule has 0 saturated heterocycles. The Labute approximate surface area is 147 Å². The van der Waals surface area contributed by atoms with Crippen LogP contribution in [-0.4, -0.2) is 16.0 Å². The van der Waals surface area contributed by atoms with Crippen molar-refractivity contribution in [3.05, 3.63) is 81.3 Å². The van der Waals surface area contributed by atoms with Gasteiger partial charge in [-0.05, 0) is 37.3 Å². The summed E-state index contributed by atoms with van der Waals surface area (Å²) in [5.41, 5.74) is 1.58. The SMILES string of the molecule is Cc1c(COC(=O)c2cccc([N+](=O)[O-])c2)noc1-c1ccc(F)cc1. The van der Waals surface area contributed by atoms with Crippen molar-refractivity contribution in [1.29, 1.82) is 0 Å². The van der Waals surface area contributed by atoms with E-state index in [1.165, 1.54) is 30.3 Å². The van der Waals surface area contributed by atoms with Crippen molar-refractivity contribution in [1.82, 2.24) is 5.16 Å². The Hall–Kier alpha value is -3.55. The van der Waals surface area contributed by atoms with Crippen molar-refractivity contribution in [3.63, 3.8) is 0 Å². The van der Waals surface area contributed by atoms with Crippen LogP contribution in [0.25, 0.3) is 11.3 Å². The van der Waals surface area contributed by atoms with Gasteiger partial charge in [0.2, 0.25) is 0 Å². The maximum Gasteiger partial charge on any atom is 0.338 e. The van der Waals surface area contributed by atoms with Crippen molar-refractivity contribution in [2.24, 2.45) is 0 Å². The lowest BCUT2D eigenvalue weighted by Gasteiger charge is -2.03. The summed E-state index contributed by atoms with van der Waals surface area (Å²) in [6.45, 7) is 1.59. The molecule has 0 N–H and O–H groups in total. The normalized spacial score (nSPS) is 10.5. The molecule has 0 amide bonds. The molecule has 0 aliphatic carbocycles. The molecule has 0 unspecified atom stereocenters. The quantitative estimate of drug-likeness (QED) is 0.389. The van der Waals surface area contributed by atoms with E-state index in [-0.39, 0.29) is 23.7 Å². The number of aromatic nitrogens is 1. The average Bonchev–Trinajstić information content (AvgIpc) is 3.01. The van der Waals surface area contributed by atoms with Crippen molar-refractivity contribution in [2.45, 2.75) is 13.5 Å². The van der Waals surface area contributed by atoms with E-state index in [1.807, 2.05) is 0 Å². The van der Waals surface area contributed by atoms with Crippen LogP contribution in [0.4, 0.5) is 10.1 Å². The van der Waals surface area contributed by atoms with Gasteiger partial charge in [-0.3, -0.25) is 10.1 Å². The molecule has 0 aliphatic rings. The highest BCUT2D eigenvalue weighted by molar-refractivity contribution is 5.90. The Morgan fingerprint density at radius 2 is 2.00 bits per heavy atom. The van der Waals surface area contributed by atoms with Gasteiger partial charge in [-0.1, -0.05) is 11.2 Å². The fraction of sp³-hybridized carbons (Fsp3) is 0.111. The van der Waals surface area contributed by atoms with Gasteiger partial charge in [-0.25, -0.2) is 9.18 Å². The molecule has 7 nitrogen and oxygen atoms in total. The third-order valence-corrected chi connectivity index (χ3v) is 3.76. The van der Waals surface area contributed by atoms with E-state index in [1.54, 1.807) is 19.1 Å². The van der Waals surface area contributed by atoms with Crippen LogP contribution in [0.15, 0.2) is 53.1 Å². The van der Waals surface area contributed by atoms with Crippen molar-refractivity contribution >= 4 is 11.7 Å². The van der Waals surface area contributed by atoms with Crippen LogP contribution < -0.4 is 0 Å². The zero-order valence-corrected chi connectivity index (χ0v) is 13.6. The first-order valence-electron chi connectivity index (χ1n) is 7.58. The van der Waals surface area contributed by atoms with Gasteiger partial charge in [-0.15, -0.1) is 0 Å². The Bertz CT molecular complexity index is 966. The maximum absolute atomic E-state index is 13.0. The van der Waals surface area contributed by atoms with Crippen LogP contribution in [0.1, 0.15) is 21.6 Å². The number of carbonyl (C=O) groups is 1. The third kappa shape index (κ3) is 3.59. The molecule has 2 aromatic carbocycles. The molecule has 1 aromatic heterocycles. The molecule has 0 fully saturated rings.